The molecule has 5 heteroatoms. The van der Waals surface area contributed by atoms with Gasteiger partial charge in [0.05, 0.1) is 11.4 Å². The molecule has 1 aromatic rings. The minimum absolute atomic E-state index is 0.0504. The van der Waals surface area contributed by atoms with Gasteiger partial charge in [0.1, 0.15) is 6.04 Å². The van der Waals surface area contributed by atoms with E-state index in [1.807, 2.05) is 30.1 Å². The minimum atomic E-state index is -0.295. The number of para-hydroxylation sites is 1. The van der Waals surface area contributed by atoms with E-state index in [1.54, 1.807) is 0 Å². The lowest BCUT2D eigenvalue weighted by molar-refractivity contribution is -0.117. The van der Waals surface area contributed by atoms with Gasteiger partial charge in [0, 0.05) is 18.1 Å². The molecule has 2 rings (SSSR count). The maximum Gasteiger partial charge on any atom is 0.248 e. The van der Waals surface area contributed by atoms with E-state index in [0.29, 0.717) is 6.54 Å². The molecule has 1 amide bonds. The van der Waals surface area contributed by atoms with Gasteiger partial charge in [-0.25, -0.2) is 0 Å². The fourth-order valence-corrected chi connectivity index (χ4v) is 2.43. The van der Waals surface area contributed by atoms with Gasteiger partial charge in [-0.3, -0.25) is 4.79 Å². The minimum Gasteiger partial charge on any atom is -0.359 e. The zero-order chi connectivity index (χ0) is 11.0. The molecule has 1 unspecified atom stereocenters. The first kappa shape index (κ1) is 10.4. The van der Waals surface area contributed by atoms with Crippen LogP contribution in [0.15, 0.2) is 22.7 Å². The van der Waals surface area contributed by atoms with E-state index in [0.717, 1.165) is 15.8 Å². The normalized spacial score (nSPS) is 19.8. The predicted molar refractivity (Wildman–Crippen MR) is 64.0 cm³/mol. The summed E-state index contributed by atoms with van der Waals surface area (Å²) < 4.78 is 0.959. The summed E-state index contributed by atoms with van der Waals surface area (Å²) in [4.78, 5) is 13.6. The molecular weight excluding hydrogens is 258 g/mol. The molecule has 1 atom stereocenters. The number of likely N-dealkylation sites (N-methyl/N-ethyl adjacent to an activating group) is 1. The van der Waals surface area contributed by atoms with Crippen LogP contribution in [0, 0.1) is 0 Å². The van der Waals surface area contributed by atoms with Crippen LogP contribution in [0.25, 0.3) is 0 Å². The zero-order valence-corrected chi connectivity index (χ0v) is 9.91. The third-order valence-corrected chi connectivity index (χ3v) is 3.23. The SMILES string of the molecule is CN1c2c(Br)cccc2NC(=O)C1CN. The fourth-order valence-electron chi connectivity index (χ4n) is 1.79. The first-order valence-electron chi connectivity index (χ1n) is 4.67. The van der Waals surface area contributed by atoms with Crippen molar-refractivity contribution in [3.63, 3.8) is 0 Å². The van der Waals surface area contributed by atoms with E-state index in [1.165, 1.54) is 0 Å². The highest BCUT2D eigenvalue weighted by Crippen LogP contribution is 2.37. The van der Waals surface area contributed by atoms with Gasteiger partial charge in [0.2, 0.25) is 5.91 Å². The van der Waals surface area contributed by atoms with Crippen LogP contribution >= 0.6 is 15.9 Å². The molecule has 80 valence electrons. The topological polar surface area (TPSA) is 58.4 Å². The van der Waals surface area contributed by atoms with Crippen molar-refractivity contribution in [2.45, 2.75) is 6.04 Å². The van der Waals surface area contributed by atoms with Gasteiger partial charge in [-0.05, 0) is 28.1 Å². The molecule has 0 fully saturated rings. The number of carbonyl (C=O) groups is 1. The van der Waals surface area contributed by atoms with Gasteiger partial charge in [-0.2, -0.15) is 0 Å². The van der Waals surface area contributed by atoms with Crippen molar-refractivity contribution in [3.05, 3.63) is 22.7 Å². The molecular formula is C10H12BrN3O. The van der Waals surface area contributed by atoms with Crippen LogP contribution in [-0.4, -0.2) is 25.5 Å². The second-order valence-corrected chi connectivity index (χ2v) is 4.34. The second-order valence-electron chi connectivity index (χ2n) is 3.49. The summed E-state index contributed by atoms with van der Waals surface area (Å²) in [5.74, 6) is -0.0504. The van der Waals surface area contributed by atoms with E-state index < -0.39 is 0 Å². The lowest BCUT2D eigenvalue weighted by Gasteiger charge is -2.35. The first-order chi connectivity index (χ1) is 7.15. The molecule has 0 radical (unpaired) electrons. The van der Waals surface area contributed by atoms with E-state index >= 15 is 0 Å². The highest BCUT2D eigenvalue weighted by atomic mass is 79.9. The Kier molecular flexibility index (Phi) is 2.67. The number of nitrogens with zero attached hydrogens (tertiary/aromatic N) is 1. The molecule has 0 bridgehead atoms. The van der Waals surface area contributed by atoms with Crippen LogP contribution in [-0.2, 0) is 4.79 Å². The lowest BCUT2D eigenvalue weighted by Crippen LogP contribution is -2.50. The third-order valence-electron chi connectivity index (χ3n) is 2.59. The Morgan fingerprint density at radius 2 is 2.33 bits per heavy atom. The number of carbonyl (C=O) groups excluding carboxylic acids is 1. The Morgan fingerprint density at radius 1 is 1.60 bits per heavy atom. The predicted octanol–water partition coefficient (Wildman–Crippen LogP) is 1.16. The molecule has 0 saturated heterocycles. The fraction of sp³-hybridized carbons (Fsp3) is 0.300. The summed E-state index contributed by atoms with van der Waals surface area (Å²) in [5, 5.41) is 2.84. The summed E-state index contributed by atoms with van der Waals surface area (Å²) in [6.07, 6.45) is 0. The highest BCUT2D eigenvalue weighted by molar-refractivity contribution is 9.10. The molecule has 4 nitrogen and oxygen atoms in total. The quantitative estimate of drug-likeness (QED) is 0.805. The van der Waals surface area contributed by atoms with E-state index in [9.17, 15) is 4.79 Å². The van der Waals surface area contributed by atoms with Crippen LogP contribution in [0.4, 0.5) is 11.4 Å². The van der Waals surface area contributed by atoms with E-state index in [2.05, 4.69) is 21.2 Å². The average molecular weight is 270 g/mol. The Labute approximate surface area is 96.6 Å². The number of amides is 1. The summed E-state index contributed by atoms with van der Waals surface area (Å²) in [6.45, 7) is 0.309. The summed E-state index contributed by atoms with van der Waals surface area (Å²) >= 11 is 3.47. The molecule has 15 heavy (non-hydrogen) atoms. The molecule has 1 heterocycles. The molecule has 0 aromatic heterocycles. The maximum absolute atomic E-state index is 11.7. The molecule has 1 aromatic carbocycles. The number of nitrogens with one attached hydrogen (secondary N) is 1. The number of nitrogens with two attached hydrogens (primary N) is 1. The van der Waals surface area contributed by atoms with Crippen LogP contribution in [0.3, 0.4) is 0 Å². The molecule has 0 saturated carbocycles. The largest absolute Gasteiger partial charge is 0.359 e. The molecule has 3 N–H and O–H groups in total. The van der Waals surface area contributed by atoms with Crippen molar-refractivity contribution in [2.24, 2.45) is 5.73 Å². The second kappa shape index (κ2) is 3.83. The van der Waals surface area contributed by atoms with E-state index in [-0.39, 0.29) is 11.9 Å². The maximum atomic E-state index is 11.7. The Balaban J connectivity index is 2.51. The zero-order valence-electron chi connectivity index (χ0n) is 8.33. The van der Waals surface area contributed by atoms with Crippen LogP contribution in [0.2, 0.25) is 0 Å². The first-order valence-corrected chi connectivity index (χ1v) is 5.46. The van der Waals surface area contributed by atoms with Gasteiger partial charge in [0.15, 0.2) is 0 Å². The highest BCUT2D eigenvalue weighted by Gasteiger charge is 2.30. The van der Waals surface area contributed by atoms with Crippen LogP contribution in [0.5, 0.6) is 0 Å². The molecule has 1 aliphatic rings. The van der Waals surface area contributed by atoms with Crippen molar-refractivity contribution in [3.8, 4) is 0 Å². The summed E-state index contributed by atoms with van der Waals surface area (Å²) in [6, 6.07) is 5.41. The number of rotatable bonds is 1. The number of anilines is 2. The number of halogens is 1. The molecule has 0 aliphatic carbocycles. The van der Waals surface area contributed by atoms with E-state index in [4.69, 9.17) is 5.73 Å². The van der Waals surface area contributed by atoms with Crippen LogP contribution < -0.4 is 16.0 Å². The number of benzene rings is 1. The van der Waals surface area contributed by atoms with Gasteiger partial charge >= 0.3 is 0 Å². The van der Waals surface area contributed by atoms with Gasteiger partial charge in [-0.1, -0.05) is 6.07 Å². The number of hydrogen-bond donors (Lipinski definition) is 2. The van der Waals surface area contributed by atoms with Crippen molar-refractivity contribution in [1.82, 2.24) is 0 Å². The Hall–Kier alpha value is -1.07. The van der Waals surface area contributed by atoms with Crippen molar-refractivity contribution in [1.29, 1.82) is 0 Å². The summed E-state index contributed by atoms with van der Waals surface area (Å²) in [7, 11) is 1.87. The average Bonchev–Trinajstić information content (AvgIpc) is 2.17. The molecule has 0 spiro atoms. The van der Waals surface area contributed by atoms with Gasteiger partial charge < -0.3 is 16.0 Å². The Morgan fingerprint density at radius 3 is 3.00 bits per heavy atom. The van der Waals surface area contributed by atoms with Crippen molar-refractivity contribution in [2.75, 3.05) is 23.8 Å². The molecule has 1 aliphatic heterocycles. The summed E-state index contributed by atoms with van der Waals surface area (Å²) in [5.41, 5.74) is 7.37. The standard InChI is InChI=1S/C10H12BrN3O/c1-14-8(5-12)10(15)13-7-4-2-3-6(11)9(7)14/h2-4,8H,5,12H2,1H3,(H,13,15). The third kappa shape index (κ3) is 1.61. The van der Waals surface area contributed by atoms with Crippen molar-refractivity contribution < 1.29 is 4.79 Å². The smallest absolute Gasteiger partial charge is 0.248 e. The lowest BCUT2D eigenvalue weighted by atomic mass is 10.1. The number of hydrogen-bond acceptors (Lipinski definition) is 3. The van der Waals surface area contributed by atoms with Crippen molar-refractivity contribution >= 4 is 33.2 Å². The monoisotopic (exact) mass is 269 g/mol. The number of fused-ring (bicyclic) bond motifs is 1. The van der Waals surface area contributed by atoms with Gasteiger partial charge in [-0.15, -0.1) is 0 Å². The van der Waals surface area contributed by atoms with Gasteiger partial charge in [0.25, 0.3) is 0 Å². The Bertz CT molecular complexity index is 408. The van der Waals surface area contributed by atoms with Crippen LogP contribution in [0.1, 0.15) is 0 Å².